The number of rotatable bonds is 2. The molecule has 1 N–H and O–H groups in total. The molecule has 72 valence electrons. The molecule has 1 aromatic heterocycles. The van der Waals surface area contributed by atoms with Gasteiger partial charge in [0.1, 0.15) is 0 Å². The van der Waals surface area contributed by atoms with E-state index in [0.29, 0.717) is 12.5 Å². The van der Waals surface area contributed by atoms with E-state index in [0.717, 1.165) is 25.0 Å². The number of aliphatic hydroxyl groups excluding tert-OH is 1. The van der Waals surface area contributed by atoms with Gasteiger partial charge in [-0.3, -0.25) is 0 Å². The molecule has 3 heteroatoms. The van der Waals surface area contributed by atoms with Crippen molar-refractivity contribution in [3.05, 3.63) is 22.4 Å². The zero-order chi connectivity index (χ0) is 9.10. The lowest BCUT2D eigenvalue weighted by Gasteiger charge is -2.26. The summed E-state index contributed by atoms with van der Waals surface area (Å²) in [5.41, 5.74) is 1.04. The number of thiophene rings is 1. The van der Waals surface area contributed by atoms with Crippen molar-refractivity contribution in [1.29, 1.82) is 0 Å². The molecule has 1 aliphatic heterocycles. The Kier molecular flexibility index (Phi) is 2.98. The monoisotopic (exact) mass is 198 g/mol. The lowest BCUT2D eigenvalue weighted by molar-refractivity contribution is -0.00981. The van der Waals surface area contributed by atoms with Crippen LogP contribution in [0.25, 0.3) is 0 Å². The third kappa shape index (κ3) is 2.10. The molecule has 0 amide bonds. The minimum atomic E-state index is -0.327. The molecule has 2 nitrogen and oxygen atoms in total. The largest absolute Gasteiger partial charge is 0.388 e. The van der Waals surface area contributed by atoms with Gasteiger partial charge in [-0.05, 0) is 35.2 Å². The summed E-state index contributed by atoms with van der Waals surface area (Å²) in [5, 5.41) is 14.0. The Hall–Kier alpha value is -0.380. The fourth-order valence-electron chi connectivity index (χ4n) is 1.73. The van der Waals surface area contributed by atoms with E-state index >= 15 is 0 Å². The minimum Gasteiger partial charge on any atom is -0.388 e. The van der Waals surface area contributed by atoms with Gasteiger partial charge in [0.25, 0.3) is 0 Å². The fourth-order valence-corrected chi connectivity index (χ4v) is 2.42. The highest BCUT2D eigenvalue weighted by Gasteiger charge is 2.23. The van der Waals surface area contributed by atoms with E-state index in [4.69, 9.17) is 4.74 Å². The number of aliphatic hydroxyl groups is 1. The van der Waals surface area contributed by atoms with E-state index < -0.39 is 0 Å². The second-order valence-electron chi connectivity index (χ2n) is 3.48. The summed E-state index contributed by atoms with van der Waals surface area (Å²) in [6.45, 7) is 1.56. The first kappa shape index (κ1) is 9.19. The molecule has 2 atom stereocenters. The molecule has 13 heavy (non-hydrogen) atoms. The maximum Gasteiger partial charge on any atom is 0.0848 e. The highest BCUT2D eigenvalue weighted by Crippen LogP contribution is 2.29. The molecule has 0 aliphatic carbocycles. The molecular weight excluding hydrogens is 184 g/mol. The van der Waals surface area contributed by atoms with E-state index in [-0.39, 0.29) is 6.10 Å². The quantitative estimate of drug-likeness (QED) is 0.789. The third-order valence-corrected chi connectivity index (χ3v) is 3.23. The maximum absolute atomic E-state index is 9.96. The van der Waals surface area contributed by atoms with Gasteiger partial charge in [0.05, 0.1) is 12.7 Å². The Labute approximate surface area is 82.2 Å². The zero-order valence-electron chi connectivity index (χ0n) is 7.48. The highest BCUT2D eigenvalue weighted by atomic mass is 32.1. The smallest absolute Gasteiger partial charge is 0.0848 e. The SMILES string of the molecule is OC(c1ccsc1)C1CCCOC1. The first-order valence-electron chi connectivity index (χ1n) is 4.66. The van der Waals surface area contributed by atoms with Crippen molar-refractivity contribution in [2.45, 2.75) is 18.9 Å². The van der Waals surface area contributed by atoms with Crippen LogP contribution in [0.4, 0.5) is 0 Å². The zero-order valence-corrected chi connectivity index (χ0v) is 8.30. The summed E-state index contributed by atoms with van der Waals surface area (Å²) in [6.07, 6.45) is 1.83. The van der Waals surface area contributed by atoms with Crippen molar-refractivity contribution < 1.29 is 9.84 Å². The van der Waals surface area contributed by atoms with Gasteiger partial charge in [-0.1, -0.05) is 0 Å². The molecule has 0 radical (unpaired) electrons. The van der Waals surface area contributed by atoms with Crippen LogP contribution in [0, 0.1) is 5.92 Å². The van der Waals surface area contributed by atoms with Gasteiger partial charge < -0.3 is 9.84 Å². The van der Waals surface area contributed by atoms with Crippen LogP contribution in [-0.4, -0.2) is 18.3 Å². The molecule has 2 unspecified atom stereocenters. The predicted molar refractivity (Wildman–Crippen MR) is 52.8 cm³/mol. The van der Waals surface area contributed by atoms with Gasteiger partial charge in [-0.25, -0.2) is 0 Å². The summed E-state index contributed by atoms with van der Waals surface area (Å²) in [4.78, 5) is 0. The second-order valence-corrected chi connectivity index (χ2v) is 4.26. The Morgan fingerprint density at radius 3 is 3.15 bits per heavy atom. The molecule has 0 saturated carbocycles. The Morgan fingerprint density at radius 1 is 1.62 bits per heavy atom. The standard InChI is InChI=1S/C10H14O2S/c11-10(9-3-5-13-7-9)8-2-1-4-12-6-8/h3,5,7-8,10-11H,1-2,4,6H2. The van der Waals surface area contributed by atoms with Gasteiger partial charge >= 0.3 is 0 Å². The molecule has 0 bridgehead atoms. The molecule has 0 spiro atoms. The topological polar surface area (TPSA) is 29.5 Å². The van der Waals surface area contributed by atoms with Crippen LogP contribution in [-0.2, 0) is 4.74 Å². The van der Waals surface area contributed by atoms with Crippen LogP contribution in [0.15, 0.2) is 16.8 Å². The second kappa shape index (κ2) is 4.22. The summed E-state index contributed by atoms with van der Waals surface area (Å²) in [5.74, 6) is 0.295. The first-order valence-corrected chi connectivity index (χ1v) is 5.60. The van der Waals surface area contributed by atoms with E-state index in [1.165, 1.54) is 0 Å². The molecule has 1 saturated heterocycles. The van der Waals surface area contributed by atoms with E-state index in [9.17, 15) is 5.11 Å². The van der Waals surface area contributed by atoms with Gasteiger partial charge in [0.2, 0.25) is 0 Å². The number of hydrogen-bond acceptors (Lipinski definition) is 3. The Balaban J connectivity index is 1.99. The van der Waals surface area contributed by atoms with E-state index in [2.05, 4.69) is 0 Å². The summed E-state index contributed by atoms with van der Waals surface area (Å²) >= 11 is 1.63. The summed E-state index contributed by atoms with van der Waals surface area (Å²) < 4.78 is 5.34. The first-order chi connectivity index (χ1) is 6.38. The van der Waals surface area contributed by atoms with Crippen LogP contribution in [0.5, 0.6) is 0 Å². The van der Waals surface area contributed by atoms with Crippen molar-refractivity contribution in [1.82, 2.24) is 0 Å². The molecular formula is C10H14O2S. The van der Waals surface area contributed by atoms with Gasteiger partial charge in [-0.2, -0.15) is 11.3 Å². The molecule has 1 fully saturated rings. The van der Waals surface area contributed by atoms with Crippen molar-refractivity contribution in [2.24, 2.45) is 5.92 Å². The molecule has 1 aromatic rings. The van der Waals surface area contributed by atoms with Crippen LogP contribution >= 0.6 is 11.3 Å². The van der Waals surface area contributed by atoms with Gasteiger partial charge in [0.15, 0.2) is 0 Å². The van der Waals surface area contributed by atoms with Crippen molar-refractivity contribution in [3.63, 3.8) is 0 Å². The van der Waals surface area contributed by atoms with Gasteiger partial charge in [0, 0.05) is 12.5 Å². The minimum absolute atomic E-state index is 0.295. The van der Waals surface area contributed by atoms with Crippen LogP contribution in [0.1, 0.15) is 24.5 Å². The molecule has 0 aromatic carbocycles. The molecule has 1 aliphatic rings. The summed E-state index contributed by atoms with van der Waals surface area (Å²) in [6, 6.07) is 1.99. The lowest BCUT2D eigenvalue weighted by atomic mass is 9.92. The van der Waals surface area contributed by atoms with Crippen LogP contribution in [0.3, 0.4) is 0 Å². The predicted octanol–water partition coefficient (Wildman–Crippen LogP) is 2.21. The fraction of sp³-hybridized carbons (Fsp3) is 0.600. The van der Waals surface area contributed by atoms with E-state index in [1.54, 1.807) is 11.3 Å². The van der Waals surface area contributed by atoms with Crippen molar-refractivity contribution in [2.75, 3.05) is 13.2 Å². The van der Waals surface area contributed by atoms with E-state index in [1.807, 2.05) is 16.8 Å². The molecule has 2 rings (SSSR count). The van der Waals surface area contributed by atoms with Crippen molar-refractivity contribution >= 4 is 11.3 Å². The van der Waals surface area contributed by atoms with Crippen LogP contribution < -0.4 is 0 Å². The lowest BCUT2D eigenvalue weighted by Crippen LogP contribution is -2.23. The number of hydrogen-bond donors (Lipinski definition) is 1. The van der Waals surface area contributed by atoms with Crippen LogP contribution in [0.2, 0.25) is 0 Å². The molecule has 2 heterocycles. The average molecular weight is 198 g/mol. The maximum atomic E-state index is 9.96. The average Bonchev–Trinajstić information content (AvgIpc) is 2.71. The number of ether oxygens (including phenoxy) is 1. The van der Waals surface area contributed by atoms with Crippen molar-refractivity contribution in [3.8, 4) is 0 Å². The third-order valence-electron chi connectivity index (χ3n) is 2.53. The normalized spacial score (nSPS) is 25.8. The highest BCUT2D eigenvalue weighted by molar-refractivity contribution is 7.07. The summed E-state index contributed by atoms with van der Waals surface area (Å²) in [7, 11) is 0. The Bertz CT molecular complexity index is 239. The van der Waals surface area contributed by atoms with Gasteiger partial charge in [-0.15, -0.1) is 0 Å². The Morgan fingerprint density at radius 2 is 2.54 bits per heavy atom.